The van der Waals surface area contributed by atoms with Crippen LogP contribution in [0.25, 0.3) is 5.65 Å². The lowest BCUT2D eigenvalue weighted by Gasteiger charge is -2.00. The van der Waals surface area contributed by atoms with Gasteiger partial charge in [-0.1, -0.05) is 17.7 Å². The summed E-state index contributed by atoms with van der Waals surface area (Å²) in [5.41, 5.74) is 6.31. The van der Waals surface area contributed by atoms with Crippen molar-refractivity contribution in [1.82, 2.24) is 24.6 Å². The van der Waals surface area contributed by atoms with Gasteiger partial charge in [-0.3, -0.25) is 4.40 Å². The molecule has 3 heterocycles. The van der Waals surface area contributed by atoms with Crippen LogP contribution in [0, 0.1) is 0 Å². The number of halogens is 1. The SMILES string of the molecule is Nc1nc(Cl)cc(Sc2nnc3ccccn23)n1. The molecule has 0 radical (unpaired) electrons. The van der Waals surface area contributed by atoms with Crippen LogP contribution < -0.4 is 5.73 Å². The molecule has 0 aliphatic rings. The fraction of sp³-hybridized carbons (Fsp3) is 0. The first-order valence-electron chi connectivity index (χ1n) is 5.00. The van der Waals surface area contributed by atoms with Crippen molar-refractivity contribution in [3.05, 3.63) is 35.6 Å². The summed E-state index contributed by atoms with van der Waals surface area (Å²) >= 11 is 7.15. The molecule has 8 heteroatoms. The molecular weight excluding hydrogens is 272 g/mol. The van der Waals surface area contributed by atoms with Crippen LogP contribution >= 0.6 is 23.4 Å². The second kappa shape index (κ2) is 4.43. The van der Waals surface area contributed by atoms with Crippen molar-refractivity contribution in [2.45, 2.75) is 10.2 Å². The Labute approximate surface area is 111 Å². The number of hydrogen-bond donors (Lipinski definition) is 1. The second-order valence-corrected chi connectivity index (χ2v) is 4.78. The summed E-state index contributed by atoms with van der Waals surface area (Å²) in [6.45, 7) is 0. The number of nitrogens with two attached hydrogens (primary N) is 1. The Morgan fingerprint density at radius 3 is 2.94 bits per heavy atom. The predicted octanol–water partition coefficient (Wildman–Crippen LogP) is 1.91. The maximum absolute atomic E-state index is 5.82. The molecule has 0 saturated carbocycles. The zero-order valence-corrected chi connectivity index (χ0v) is 10.6. The molecule has 6 nitrogen and oxygen atoms in total. The van der Waals surface area contributed by atoms with Gasteiger partial charge in [0.2, 0.25) is 11.1 Å². The van der Waals surface area contributed by atoms with E-state index in [9.17, 15) is 0 Å². The van der Waals surface area contributed by atoms with Crippen LogP contribution in [0.15, 0.2) is 40.6 Å². The van der Waals surface area contributed by atoms with Gasteiger partial charge in [0.15, 0.2) is 5.65 Å². The lowest BCUT2D eigenvalue weighted by Crippen LogP contribution is -1.96. The Morgan fingerprint density at radius 1 is 1.22 bits per heavy atom. The van der Waals surface area contributed by atoms with Gasteiger partial charge < -0.3 is 5.73 Å². The van der Waals surface area contributed by atoms with Gasteiger partial charge in [-0.05, 0) is 23.9 Å². The lowest BCUT2D eigenvalue weighted by molar-refractivity contribution is 0.915. The van der Waals surface area contributed by atoms with E-state index in [0.29, 0.717) is 15.3 Å². The third kappa shape index (κ3) is 2.09. The smallest absolute Gasteiger partial charge is 0.222 e. The van der Waals surface area contributed by atoms with E-state index in [-0.39, 0.29) is 5.95 Å². The van der Waals surface area contributed by atoms with E-state index in [4.69, 9.17) is 17.3 Å². The number of anilines is 1. The van der Waals surface area contributed by atoms with Crippen LogP contribution in [-0.4, -0.2) is 24.6 Å². The molecule has 0 amide bonds. The van der Waals surface area contributed by atoms with Gasteiger partial charge in [-0.25, -0.2) is 9.97 Å². The number of nitrogen functional groups attached to an aromatic ring is 1. The first-order chi connectivity index (χ1) is 8.72. The molecule has 0 spiro atoms. The Bertz CT molecular complexity index is 692. The summed E-state index contributed by atoms with van der Waals surface area (Å²) in [5, 5.41) is 9.75. The van der Waals surface area contributed by atoms with Crippen molar-refractivity contribution in [3.63, 3.8) is 0 Å². The standard InChI is InChI=1S/C10H7ClN6S/c11-6-5-8(14-9(12)13-6)18-10-16-15-7-3-1-2-4-17(7)10/h1-5H,(H2,12,13,14). The normalized spacial score (nSPS) is 10.9. The third-order valence-electron chi connectivity index (χ3n) is 2.17. The molecule has 90 valence electrons. The van der Waals surface area contributed by atoms with Crippen LogP contribution in [0.1, 0.15) is 0 Å². The fourth-order valence-electron chi connectivity index (χ4n) is 1.45. The molecular formula is C10H7ClN6S. The Hall–Kier alpha value is -1.86. The number of rotatable bonds is 2. The maximum Gasteiger partial charge on any atom is 0.222 e. The predicted molar refractivity (Wildman–Crippen MR) is 68.6 cm³/mol. The van der Waals surface area contributed by atoms with Gasteiger partial charge in [0.05, 0.1) is 0 Å². The molecule has 2 N–H and O–H groups in total. The van der Waals surface area contributed by atoms with Crippen molar-refractivity contribution in [2.75, 3.05) is 5.73 Å². The van der Waals surface area contributed by atoms with Crippen LogP contribution in [0.2, 0.25) is 5.15 Å². The van der Waals surface area contributed by atoms with E-state index < -0.39 is 0 Å². The van der Waals surface area contributed by atoms with Crippen molar-refractivity contribution >= 4 is 35.0 Å². The average Bonchev–Trinajstić information content (AvgIpc) is 2.72. The quantitative estimate of drug-likeness (QED) is 0.721. The van der Waals surface area contributed by atoms with Gasteiger partial charge in [-0.2, -0.15) is 0 Å². The number of nitrogens with zero attached hydrogens (tertiary/aromatic N) is 5. The average molecular weight is 279 g/mol. The molecule has 0 aliphatic heterocycles. The van der Waals surface area contributed by atoms with Gasteiger partial charge >= 0.3 is 0 Å². The van der Waals surface area contributed by atoms with Crippen molar-refractivity contribution < 1.29 is 0 Å². The molecule has 0 aromatic carbocycles. The van der Waals surface area contributed by atoms with Crippen LogP contribution in [0.5, 0.6) is 0 Å². The number of aromatic nitrogens is 5. The lowest BCUT2D eigenvalue weighted by atomic mass is 10.5. The summed E-state index contributed by atoms with van der Waals surface area (Å²) < 4.78 is 1.86. The molecule has 3 aromatic heterocycles. The zero-order valence-electron chi connectivity index (χ0n) is 8.99. The summed E-state index contributed by atoms with van der Waals surface area (Å²) in [7, 11) is 0. The highest BCUT2D eigenvalue weighted by Gasteiger charge is 2.09. The molecule has 0 fully saturated rings. The van der Waals surface area contributed by atoms with Gasteiger partial charge in [0.25, 0.3) is 0 Å². The molecule has 18 heavy (non-hydrogen) atoms. The monoisotopic (exact) mass is 278 g/mol. The van der Waals surface area contributed by atoms with Crippen molar-refractivity contribution in [2.24, 2.45) is 0 Å². The van der Waals surface area contributed by atoms with E-state index in [0.717, 1.165) is 5.65 Å². The number of hydrogen-bond acceptors (Lipinski definition) is 6. The molecule has 0 saturated heterocycles. The van der Waals surface area contributed by atoms with Gasteiger partial charge in [0.1, 0.15) is 10.2 Å². The van der Waals surface area contributed by atoms with E-state index in [1.807, 2.05) is 28.8 Å². The zero-order chi connectivity index (χ0) is 12.5. The highest BCUT2D eigenvalue weighted by atomic mass is 35.5. The maximum atomic E-state index is 5.82. The minimum atomic E-state index is 0.138. The molecule has 3 rings (SSSR count). The van der Waals surface area contributed by atoms with E-state index in [1.54, 1.807) is 6.07 Å². The minimum Gasteiger partial charge on any atom is -0.368 e. The highest BCUT2D eigenvalue weighted by molar-refractivity contribution is 7.99. The molecule has 0 bridgehead atoms. The highest BCUT2D eigenvalue weighted by Crippen LogP contribution is 2.26. The Balaban J connectivity index is 2.01. The minimum absolute atomic E-state index is 0.138. The van der Waals surface area contributed by atoms with Crippen molar-refractivity contribution in [3.8, 4) is 0 Å². The van der Waals surface area contributed by atoms with Gasteiger partial charge in [0, 0.05) is 12.3 Å². The molecule has 3 aromatic rings. The van der Waals surface area contributed by atoms with Crippen LogP contribution in [0.4, 0.5) is 5.95 Å². The second-order valence-electron chi connectivity index (χ2n) is 3.40. The fourth-order valence-corrected chi connectivity index (χ4v) is 2.53. The molecule has 0 unspecified atom stereocenters. The first-order valence-corrected chi connectivity index (χ1v) is 6.19. The van der Waals surface area contributed by atoms with E-state index in [2.05, 4.69) is 20.2 Å². The Morgan fingerprint density at radius 2 is 2.11 bits per heavy atom. The van der Waals surface area contributed by atoms with Crippen LogP contribution in [-0.2, 0) is 0 Å². The summed E-state index contributed by atoms with van der Waals surface area (Å²) in [6.07, 6.45) is 1.88. The van der Waals surface area contributed by atoms with Crippen LogP contribution in [0.3, 0.4) is 0 Å². The van der Waals surface area contributed by atoms with E-state index >= 15 is 0 Å². The van der Waals surface area contributed by atoms with Crippen molar-refractivity contribution in [1.29, 1.82) is 0 Å². The summed E-state index contributed by atoms with van der Waals surface area (Å²) in [6, 6.07) is 7.31. The first kappa shape index (κ1) is 11.2. The Kier molecular flexibility index (Phi) is 2.77. The summed E-state index contributed by atoms with van der Waals surface area (Å²) in [5.74, 6) is 0.138. The largest absolute Gasteiger partial charge is 0.368 e. The number of fused-ring (bicyclic) bond motifs is 1. The molecule has 0 aliphatic carbocycles. The van der Waals surface area contributed by atoms with E-state index in [1.165, 1.54) is 11.8 Å². The van der Waals surface area contributed by atoms with Gasteiger partial charge in [-0.15, -0.1) is 10.2 Å². The summed E-state index contributed by atoms with van der Waals surface area (Å²) in [4.78, 5) is 7.88. The third-order valence-corrected chi connectivity index (χ3v) is 3.24. The number of pyridine rings is 1. The topological polar surface area (TPSA) is 82.0 Å². The molecule has 0 atom stereocenters.